The molecule has 0 unspecified atom stereocenters. The molecule has 0 fully saturated rings. The molecule has 1 amide bonds. The van der Waals surface area contributed by atoms with Gasteiger partial charge >= 0.3 is 5.97 Å². The molecule has 0 heterocycles. The first-order chi connectivity index (χ1) is 13.2. The van der Waals surface area contributed by atoms with Gasteiger partial charge in [0, 0.05) is 19.2 Å². The Hall–Kier alpha value is -3.07. The van der Waals surface area contributed by atoms with Gasteiger partial charge in [-0.1, -0.05) is 30.3 Å². The van der Waals surface area contributed by atoms with Gasteiger partial charge in [0.25, 0.3) is 5.91 Å². The van der Waals surface area contributed by atoms with Crippen molar-refractivity contribution in [1.29, 1.82) is 0 Å². The zero-order valence-corrected chi connectivity index (χ0v) is 16.7. The molecule has 0 radical (unpaired) electrons. The maximum atomic E-state index is 12.3. The number of carbonyl (C=O) groups excluding carboxylic acids is 2. The molecule has 0 aliphatic rings. The van der Waals surface area contributed by atoms with Crippen molar-refractivity contribution in [3.8, 4) is 5.75 Å². The molecule has 0 atom stereocenters. The van der Waals surface area contributed by atoms with Gasteiger partial charge in [0.1, 0.15) is 5.75 Å². The van der Waals surface area contributed by atoms with Crippen LogP contribution in [-0.2, 0) is 26.1 Å². The molecule has 8 nitrogen and oxygen atoms in total. The highest BCUT2D eigenvalue weighted by Gasteiger charge is 2.18. The van der Waals surface area contributed by atoms with Gasteiger partial charge in [-0.3, -0.25) is 9.52 Å². The van der Waals surface area contributed by atoms with Crippen molar-refractivity contribution in [1.82, 2.24) is 4.90 Å². The lowest BCUT2D eigenvalue weighted by atomic mass is 10.2. The number of esters is 1. The molecular weight excluding hydrogens is 384 g/mol. The lowest BCUT2D eigenvalue weighted by molar-refractivity contribution is -0.133. The van der Waals surface area contributed by atoms with Gasteiger partial charge in [-0.25, -0.2) is 13.2 Å². The largest absolute Gasteiger partial charge is 0.496 e. The van der Waals surface area contributed by atoms with E-state index in [9.17, 15) is 18.0 Å². The van der Waals surface area contributed by atoms with E-state index in [1.165, 1.54) is 17.0 Å². The van der Waals surface area contributed by atoms with Crippen molar-refractivity contribution in [3.63, 3.8) is 0 Å². The van der Waals surface area contributed by atoms with Crippen LogP contribution in [0.1, 0.15) is 15.9 Å². The molecule has 0 bridgehead atoms. The molecule has 0 spiro atoms. The number of methoxy groups -OCH3 is 1. The van der Waals surface area contributed by atoms with E-state index in [4.69, 9.17) is 9.47 Å². The van der Waals surface area contributed by atoms with Crippen LogP contribution in [-0.4, -0.2) is 52.2 Å². The van der Waals surface area contributed by atoms with Crippen LogP contribution >= 0.6 is 0 Å². The van der Waals surface area contributed by atoms with E-state index in [-0.39, 0.29) is 17.8 Å². The third-order valence-electron chi connectivity index (χ3n) is 3.79. The fourth-order valence-electron chi connectivity index (χ4n) is 2.44. The Balaban J connectivity index is 2.00. The monoisotopic (exact) mass is 406 g/mol. The molecule has 9 heteroatoms. The number of rotatable bonds is 8. The second-order valence-electron chi connectivity index (χ2n) is 6.06. The van der Waals surface area contributed by atoms with Crippen LogP contribution in [0, 0.1) is 0 Å². The van der Waals surface area contributed by atoms with Crippen LogP contribution in [0.4, 0.5) is 5.69 Å². The lowest BCUT2D eigenvalue weighted by Crippen LogP contribution is -2.31. The second kappa shape index (κ2) is 9.23. The summed E-state index contributed by atoms with van der Waals surface area (Å²) < 4.78 is 35.4. The Bertz CT molecular complexity index is 958. The second-order valence-corrected chi connectivity index (χ2v) is 7.81. The maximum absolute atomic E-state index is 12.3. The zero-order valence-electron chi connectivity index (χ0n) is 15.8. The number of nitrogens with one attached hydrogen (secondary N) is 1. The van der Waals surface area contributed by atoms with E-state index in [1.807, 2.05) is 18.2 Å². The van der Waals surface area contributed by atoms with Crippen molar-refractivity contribution < 1.29 is 27.5 Å². The van der Waals surface area contributed by atoms with Gasteiger partial charge in [0.05, 0.1) is 24.6 Å². The average Bonchev–Trinajstić information content (AvgIpc) is 2.65. The van der Waals surface area contributed by atoms with Crippen LogP contribution in [0.5, 0.6) is 5.75 Å². The topological polar surface area (TPSA) is 102 Å². The summed E-state index contributed by atoms with van der Waals surface area (Å²) in [4.78, 5) is 26.0. The van der Waals surface area contributed by atoms with E-state index in [0.29, 0.717) is 5.75 Å². The summed E-state index contributed by atoms with van der Waals surface area (Å²) in [7, 11) is -0.433. The van der Waals surface area contributed by atoms with Crippen molar-refractivity contribution in [2.45, 2.75) is 6.54 Å². The lowest BCUT2D eigenvalue weighted by Gasteiger charge is -2.19. The standard InChI is InChI=1S/C19H22N2O6S/c1-21(12-14-8-4-7-11-17(14)26-2)18(22)13-27-19(23)15-9-5-6-10-16(15)20-28(3,24)25/h4-11,20H,12-13H2,1-3H3. The number of nitrogens with zero attached hydrogens (tertiary/aromatic N) is 1. The molecule has 2 rings (SSSR count). The molecule has 2 aromatic carbocycles. The number of likely N-dealkylation sites (N-methyl/N-ethyl adjacent to an activating group) is 1. The maximum Gasteiger partial charge on any atom is 0.340 e. The van der Waals surface area contributed by atoms with Gasteiger partial charge < -0.3 is 14.4 Å². The molecule has 150 valence electrons. The first kappa shape index (κ1) is 21.2. The van der Waals surface area contributed by atoms with Gasteiger partial charge in [-0.05, 0) is 18.2 Å². The molecule has 1 N–H and O–H groups in total. The number of anilines is 1. The number of hydrogen-bond acceptors (Lipinski definition) is 6. The fraction of sp³-hybridized carbons (Fsp3) is 0.263. The first-order valence-corrected chi connectivity index (χ1v) is 10.2. The summed E-state index contributed by atoms with van der Waals surface area (Å²) in [6.07, 6.45) is 0.978. The summed E-state index contributed by atoms with van der Waals surface area (Å²) >= 11 is 0. The minimum Gasteiger partial charge on any atom is -0.496 e. The van der Waals surface area contributed by atoms with E-state index in [2.05, 4.69) is 4.72 Å². The first-order valence-electron chi connectivity index (χ1n) is 8.31. The predicted molar refractivity (Wildman–Crippen MR) is 105 cm³/mol. The third kappa shape index (κ3) is 5.98. The minimum atomic E-state index is -3.56. The van der Waals surface area contributed by atoms with Crippen molar-refractivity contribution >= 4 is 27.6 Å². The molecule has 0 aromatic heterocycles. The van der Waals surface area contributed by atoms with E-state index < -0.39 is 28.5 Å². The van der Waals surface area contributed by atoms with E-state index in [0.717, 1.165) is 11.8 Å². The van der Waals surface area contributed by atoms with Gasteiger partial charge in [0.2, 0.25) is 10.0 Å². The van der Waals surface area contributed by atoms with Crippen molar-refractivity contribution in [2.75, 3.05) is 31.7 Å². The summed E-state index contributed by atoms with van der Waals surface area (Å²) in [6.45, 7) is -0.190. The Morgan fingerprint density at radius 1 is 1.07 bits per heavy atom. The van der Waals surface area contributed by atoms with E-state index >= 15 is 0 Å². The fourth-order valence-corrected chi connectivity index (χ4v) is 3.02. The van der Waals surface area contributed by atoms with Crippen LogP contribution < -0.4 is 9.46 Å². The molecule has 0 saturated carbocycles. The third-order valence-corrected chi connectivity index (χ3v) is 4.39. The normalized spacial score (nSPS) is 10.8. The quantitative estimate of drug-likeness (QED) is 0.672. The molecular formula is C19H22N2O6S. The highest BCUT2D eigenvalue weighted by molar-refractivity contribution is 7.92. The molecule has 0 saturated heterocycles. The van der Waals surface area contributed by atoms with Crippen LogP contribution in [0.15, 0.2) is 48.5 Å². The van der Waals surface area contributed by atoms with Crippen LogP contribution in [0.3, 0.4) is 0 Å². The number of sulfonamides is 1. The Labute approximate surface area is 164 Å². The number of hydrogen-bond donors (Lipinski definition) is 1. The highest BCUT2D eigenvalue weighted by atomic mass is 32.2. The van der Waals surface area contributed by atoms with Gasteiger partial charge in [-0.2, -0.15) is 0 Å². The van der Waals surface area contributed by atoms with Gasteiger partial charge in [0.15, 0.2) is 6.61 Å². The van der Waals surface area contributed by atoms with Crippen LogP contribution in [0.2, 0.25) is 0 Å². The zero-order chi connectivity index (χ0) is 20.7. The Kier molecular flexibility index (Phi) is 7.00. The molecule has 0 aliphatic carbocycles. The van der Waals surface area contributed by atoms with Crippen LogP contribution in [0.25, 0.3) is 0 Å². The van der Waals surface area contributed by atoms with Gasteiger partial charge in [-0.15, -0.1) is 0 Å². The SMILES string of the molecule is COc1ccccc1CN(C)C(=O)COC(=O)c1ccccc1NS(C)(=O)=O. The number of carbonyl (C=O) groups is 2. The Morgan fingerprint density at radius 3 is 2.39 bits per heavy atom. The average molecular weight is 406 g/mol. The Morgan fingerprint density at radius 2 is 1.71 bits per heavy atom. The highest BCUT2D eigenvalue weighted by Crippen LogP contribution is 2.19. The summed E-state index contributed by atoms with van der Waals surface area (Å²) in [6, 6.07) is 13.3. The minimum absolute atomic E-state index is 0.0214. The summed E-state index contributed by atoms with van der Waals surface area (Å²) in [5, 5.41) is 0. The van der Waals surface area contributed by atoms with Crippen molar-refractivity contribution in [3.05, 3.63) is 59.7 Å². The predicted octanol–water partition coefficient (Wildman–Crippen LogP) is 1.88. The number of para-hydroxylation sites is 2. The summed E-state index contributed by atoms with van der Waals surface area (Å²) in [5.41, 5.74) is 0.924. The summed E-state index contributed by atoms with van der Waals surface area (Å²) in [5.74, 6) is -0.557. The number of amides is 1. The van der Waals surface area contributed by atoms with E-state index in [1.54, 1.807) is 32.4 Å². The number of benzene rings is 2. The number of ether oxygens (including phenoxy) is 2. The molecule has 28 heavy (non-hydrogen) atoms. The smallest absolute Gasteiger partial charge is 0.340 e. The molecule has 2 aromatic rings. The molecule has 0 aliphatic heterocycles. The van der Waals surface area contributed by atoms with Crippen molar-refractivity contribution in [2.24, 2.45) is 0 Å².